The fraction of sp³-hybridized carbons (Fsp3) is 0.160. The fourth-order valence-electron chi connectivity index (χ4n) is 4.55. The number of hydrogen-bond donors (Lipinski definition) is 1. The van der Waals surface area contributed by atoms with Crippen LogP contribution in [0, 0.1) is 10.1 Å². The lowest BCUT2D eigenvalue weighted by Crippen LogP contribution is -2.15. The first kappa shape index (κ1) is 25.3. The summed E-state index contributed by atoms with van der Waals surface area (Å²) in [5.74, 6) is -0.812. The molecule has 2 heterocycles. The maximum atomic E-state index is 13.5. The quantitative estimate of drug-likeness (QED) is 0.258. The number of rotatable bonds is 6. The minimum Gasteiger partial charge on any atom is -0.358 e. The van der Waals surface area contributed by atoms with E-state index < -0.39 is 32.5 Å². The minimum absolute atomic E-state index is 0.0107. The second kappa shape index (κ2) is 9.49. The first-order valence-electron chi connectivity index (χ1n) is 11.3. The molecule has 1 N–H and O–H groups in total. The predicted octanol–water partition coefficient (Wildman–Crippen LogP) is 5.34. The van der Waals surface area contributed by atoms with E-state index in [2.05, 4.69) is 19.7 Å². The summed E-state index contributed by atoms with van der Waals surface area (Å²) < 4.78 is 68.6. The van der Waals surface area contributed by atoms with Crippen LogP contribution in [0.15, 0.2) is 78.1 Å². The van der Waals surface area contributed by atoms with Gasteiger partial charge in [-0.15, -0.1) is 0 Å². The largest absolute Gasteiger partial charge is 0.416 e. The summed E-state index contributed by atoms with van der Waals surface area (Å²) in [7, 11) is -3.96. The van der Waals surface area contributed by atoms with Gasteiger partial charge in [0.2, 0.25) is 5.95 Å². The molecule has 0 amide bonds. The monoisotopic (exact) mass is 541 g/mol. The van der Waals surface area contributed by atoms with E-state index in [9.17, 15) is 31.7 Å². The van der Waals surface area contributed by atoms with Crippen LogP contribution < -0.4 is 4.72 Å². The van der Waals surface area contributed by atoms with E-state index in [1.165, 1.54) is 42.9 Å². The van der Waals surface area contributed by atoms with Gasteiger partial charge in [-0.1, -0.05) is 12.1 Å². The summed E-state index contributed by atoms with van der Waals surface area (Å²) in [5, 5.41) is 11.0. The topological polar surface area (TPSA) is 128 Å². The highest BCUT2D eigenvalue weighted by atomic mass is 32.2. The third kappa shape index (κ3) is 4.92. The summed E-state index contributed by atoms with van der Waals surface area (Å²) in [6.07, 6.45) is 0.436. The van der Waals surface area contributed by atoms with Crippen molar-refractivity contribution >= 4 is 21.8 Å². The number of halogens is 3. The summed E-state index contributed by atoms with van der Waals surface area (Å²) in [6.45, 7) is 0. The van der Waals surface area contributed by atoms with E-state index in [-0.39, 0.29) is 22.3 Å². The lowest BCUT2D eigenvalue weighted by Gasteiger charge is -2.19. The summed E-state index contributed by atoms with van der Waals surface area (Å²) in [6, 6.07) is 12.1. The molecule has 0 bridgehead atoms. The number of nitrogens with one attached hydrogen (secondary N) is 1. The summed E-state index contributed by atoms with van der Waals surface area (Å²) >= 11 is 0. The number of alkyl halides is 3. The van der Waals surface area contributed by atoms with Crippen molar-refractivity contribution in [2.45, 2.75) is 29.8 Å². The Hall–Kier alpha value is -4.39. The molecular formula is C25H18F3N5O4S. The highest BCUT2D eigenvalue weighted by molar-refractivity contribution is 7.92. The average Bonchev–Trinajstić information content (AvgIpc) is 3.31. The van der Waals surface area contributed by atoms with E-state index in [4.69, 9.17) is 0 Å². The smallest absolute Gasteiger partial charge is 0.358 e. The van der Waals surface area contributed by atoms with Gasteiger partial charge in [0, 0.05) is 29.9 Å². The molecule has 0 radical (unpaired) electrons. The zero-order valence-electron chi connectivity index (χ0n) is 19.4. The van der Waals surface area contributed by atoms with E-state index in [1.807, 2.05) is 0 Å². The third-order valence-electron chi connectivity index (χ3n) is 6.30. The zero-order valence-corrected chi connectivity index (χ0v) is 20.2. The van der Waals surface area contributed by atoms with Gasteiger partial charge in [-0.25, -0.2) is 23.1 Å². The van der Waals surface area contributed by atoms with Crippen molar-refractivity contribution in [3.8, 4) is 11.1 Å². The number of sulfonamides is 1. The molecule has 2 aromatic heterocycles. The number of nitrogens with zero attached hydrogens (tertiary/aromatic N) is 4. The molecule has 0 fully saturated rings. The van der Waals surface area contributed by atoms with Gasteiger partial charge in [-0.3, -0.25) is 0 Å². The molecule has 0 aliphatic heterocycles. The summed E-state index contributed by atoms with van der Waals surface area (Å²) in [5.41, 5.74) is 1.81. The minimum atomic E-state index is -4.59. The van der Waals surface area contributed by atoms with Crippen LogP contribution in [0.1, 0.15) is 34.6 Å². The first-order valence-corrected chi connectivity index (χ1v) is 12.8. The number of pyridine rings is 1. The SMILES string of the molecule is O=[N+]([O-])c1ccc(-c2cc(C(F)(F)F)ccc2[C@H]2CCc3cc(S(=O)(=O)Nc4ncccn4)ccc32)cn1. The van der Waals surface area contributed by atoms with Crippen LogP contribution in [-0.4, -0.2) is 28.3 Å². The Kier molecular flexibility index (Phi) is 6.31. The van der Waals surface area contributed by atoms with Crippen LogP contribution in [0.5, 0.6) is 0 Å². The normalized spacial score (nSPS) is 15.2. The molecular weight excluding hydrogens is 523 g/mol. The van der Waals surface area contributed by atoms with Crippen LogP contribution >= 0.6 is 0 Å². The Morgan fingerprint density at radius 2 is 1.71 bits per heavy atom. The Morgan fingerprint density at radius 3 is 2.37 bits per heavy atom. The molecule has 1 aliphatic rings. The fourth-order valence-corrected chi connectivity index (χ4v) is 5.56. The molecule has 9 nitrogen and oxygen atoms in total. The number of benzene rings is 2. The van der Waals surface area contributed by atoms with Gasteiger partial charge < -0.3 is 10.1 Å². The molecule has 13 heteroatoms. The van der Waals surface area contributed by atoms with Crippen LogP contribution in [0.4, 0.5) is 24.9 Å². The van der Waals surface area contributed by atoms with Gasteiger partial charge in [0.25, 0.3) is 10.0 Å². The van der Waals surface area contributed by atoms with Gasteiger partial charge in [-0.05, 0) is 81.4 Å². The van der Waals surface area contributed by atoms with Crippen molar-refractivity contribution in [3.05, 3.63) is 106 Å². The van der Waals surface area contributed by atoms with Crippen molar-refractivity contribution in [1.82, 2.24) is 15.0 Å². The summed E-state index contributed by atoms with van der Waals surface area (Å²) in [4.78, 5) is 21.8. The number of fused-ring (bicyclic) bond motifs is 1. The average molecular weight is 542 g/mol. The number of nitro groups is 1. The standard InChI is InChI=1S/C25H18F3N5O4S/c26-25(27,28)17-4-7-21(22(13-17)16-3-9-23(31-14-16)33(34)35)20-6-2-15-12-18(5-8-19(15)20)38(36,37)32-24-29-10-1-11-30-24/h1,3-5,7-14,20H,2,6H2,(H,29,30,32)/t20-/m0/s1. The Labute approximate surface area is 214 Å². The highest BCUT2D eigenvalue weighted by Crippen LogP contribution is 2.44. The molecule has 1 atom stereocenters. The second-order valence-electron chi connectivity index (χ2n) is 8.59. The Morgan fingerprint density at radius 1 is 0.974 bits per heavy atom. The number of aromatic nitrogens is 3. The number of aryl methyl sites for hydroxylation is 1. The molecule has 0 spiro atoms. The molecule has 0 unspecified atom stereocenters. The molecule has 194 valence electrons. The van der Waals surface area contributed by atoms with Crippen molar-refractivity contribution in [1.29, 1.82) is 0 Å². The van der Waals surface area contributed by atoms with Crippen LogP contribution in [0.25, 0.3) is 11.1 Å². The highest BCUT2D eigenvalue weighted by Gasteiger charge is 2.34. The van der Waals surface area contributed by atoms with E-state index in [1.54, 1.807) is 12.1 Å². The Bertz CT molecular complexity index is 1630. The van der Waals surface area contributed by atoms with Gasteiger partial charge in [0.1, 0.15) is 6.20 Å². The lowest BCUT2D eigenvalue weighted by molar-refractivity contribution is -0.389. The zero-order chi connectivity index (χ0) is 27.1. The van der Waals surface area contributed by atoms with Crippen molar-refractivity contribution in [2.24, 2.45) is 0 Å². The van der Waals surface area contributed by atoms with Gasteiger partial charge >= 0.3 is 12.0 Å². The molecule has 4 aromatic rings. The van der Waals surface area contributed by atoms with Crippen molar-refractivity contribution < 1.29 is 26.5 Å². The molecule has 38 heavy (non-hydrogen) atoms. The maximum absolute atomic E-state index is 13.5. The maximum Gasteiger partial charge on any atom is 0.416 e. The van der Waals surface area contributed by atoms with Gasteiger partial charge in [-0.2, -0.15) is 13.2 Å². The molecule has 1 aliphatic carbocycles. The molecule has 2 aromatic carbocycles. The third-order valence-corrected chi connectivity index (χ3v) is 7.62. The van der Waals surface area contributed by atoms with Crippen LogP contribution in [0.2, 0.25) is 0 Å². The van der Waals surface area contributed by atoms with Gasteiger partial charge in [0.05, 0.1) is 10.5 Å². The molecule has 0 saturated heterocycles. The Balaban J connectivity index is 1.53. The second-order valence-corrected chi connectivity index (χ2v) is 10.3. The van der Waals surface area contributed by atoms with E-state index >= 15 is 0 Å². The van der Waals surface area contributed by atoms with Gasteiger partial charge in [0.15, 0.2) is 0 Å². The van der Waals surface area contributed by atoms with E-state index in [0.29, 0.717) is 24.0 Å². The van der Waals surface area contributed by atoms with Crippen molar-refractivity contribution in [2.75, 3.05) is 4.72 Å². The van der Waals surface area contributed by atoms with Crippen molar-refractivity contribution in [3.63, 3.8) is 0 Å². The van der Waals surface area contributed by atoms with Crippen LogP contribution in [-0.2, 0) is 22.6 Å². The number of anilines is 1. The van der Waals surface area contributed by atoms with Crippen LogP contribution in [0.3, 0.4) is 0 Å². The number of hydrogen-bond acceptors (Lipinski definition) is 7. The molecule has 5 rings (SSSR count). The van der Waals surface area contributed by atoms with E-state index in [0.717, 1.165) is 29.3 Å². The molecule has 0 saturated carbocycles. The predicted molar refractivity (Wildman–Crippen MR) is 131 cm³/mol. The lowest BCUT2D eigenvalue weighted by atomic mass is 9.86. The first-order chi connectivity index (χ1) is 18.0.